The SMILES string of the molecule is CCS(=O)(=O)Nc1cnc2c(c1)-c1c[nH]c(=O)c3c1c(cn3C)CN2c1ccc(F)cc1F. The maximum Gasteiger partial charge on any atom is 0.272 e. The summed E-state index contributed by atoms with van der Waals surface area (Å²) in [5, 5.41) is 0.657. The largest absolute Gasteiger partial charge is 0.346 e. The Morgan fingerprint density at radius 1 is 1.21 bits per heavy atom. The fraction of sp³-hybridized carbons (Fsp3) is 0.182. The number of aryl methyl sites for hydroxylation is 1. The Hall–Kier alpha value is -3.73. The van der Waals surface area contributed by atoms with E-state index in [2.05, 4.69) is 14.7 Å². The van der Waals surface area contributed by atoms with Crippen molar-refractivity contribution in [2.45, 2.75) is 13.5 Å². The second kappa shape index (κ2) is 7.41. The number of H-pyrrole nitrogens is 1. The van der Waals surface area contributed by atoms with Crippen molar-refractivity contribution in [1.29, 1.82) is 0 Å². The molecule has 33 heavy (non-hydrogen) atoms. The van der Waals surface area contributed by atoms with Gasteiger partial charge in [0.05, 0.1) is 29.9 Å². The predicted octanol–water partition coefficient (Wildman–Crippen LogP) is 3.62. The molecule has 2 N–H and O–H groups in total. The van der Waals surface area contributed by atoms with E-state index >= 15 is 0 Å². The van der Waals surface area contributed by atoms with E-state index in [1.165, 1.54) is 25.4 Å². The minimum absolute atomic E-state index is 0.100. The molecule has 4 aromatic rings. The zero-order valence-corrected chi connectivity index (χ0v) is 18.5. The first-order chi connectivity index (χ1) is 15.7. The van der Waals surface area contributed by atoms with E-state index in [0.29, 0.717) is 27.8 Å². The highest BCUT2D eigenvalue weighted by Gasteiger charge is 2.28. The van der Waals surface area contributed by atoms with Gasteiger partial charge in [-0.25, -0.2) is 22.2 Å². The van der Waals surface area contributed by atoms with Crippen LogP contribution in [0.2, 0.25) is 0 Å². The summed E-state index contributed by atoms with van der Waals surface area (Å²) in [4.78, 5) is 21.3. The number of aromatic amines is 1. The van der Waals surface area contributed by atoms with Crippen LogP contribution in [0.5, 0.6) is 0 Å². The van der Waals surface area contributed by atoms with Gasteiger partial charge in [-0.1, -0.05) is 0 Å². The van der Waals surface area contributed by atoms with Crippen LogP contribution in [0, 0.1) is 11.6 Å². The molecular weight excluding hydrogens is 452 g/mol. The molecule has 4 heterocycles. The Bertz CT molecular complexity index is 1590. The van der Waals surface area contributed by atoms with Crippen LogP contribution in [0.15, 0.2) is 47.7 Å². The van der Waals surface area contributed by atoms with Crippen molar-refractivity contribution in [3.05, 3.63) is 70.4 Å². The number of halogens is 2. The first-order valence-corrected chi connectivity index (χ1v) is 11.8. The molecule has 1 aliphatic heterocycles. The molecule has 0 saturated carbocycles. The van der Waals surface area contributed by atoms with E-state index in [4.69, 9.17) is 0 Å². The number of nitrogens with zero attached hydrogens (tertiary/aromatic N) is 3. The van der Waals surface area contributed by atoms with Gasteiger partial charge in [0, 0.05) is 42.0 Å². The summed E-state index contributed by atoms with van der Waals surface area (Å²) >= 11 is 0. The molecule has 0 aliphatic carbocycles. The van der Waals surface area contributed by atoms with Gasteiger partial charge in [-0.2, -0.15) is 0 Å². The highest BCUT2D eigenvalue weighted by molar-refractivity contribution is 7.92. The zero-order valence-electron chi connectivity index (χ0n) is 17.7. The van der Waals surface area contributed by atoms with Gasteiger partial charge in [0.2, 0.25) is 10.0 Å². The quantitative estimate of drug-likeness (QED) is 0.474. The summed E-state index contributed by atoms with van der Waals surface area (Å²) in [5.74, 6) is -1.26. The predicted molar refractivity (Wildman–Crippen MR) is 122 cm³/mol. The van der Waals surface area contributed by atoms with E-state index in [1.54, 1.807) is 28.8 Å². The van der Waals surface area contributed by atoms with Crippen molar-refractivity contribution in [2.24, 2.45) is 7.05 Å². The molecule has 0 unspecified atom stereocenters. The van der Waals surface area contributed by atoms with Gasteiger partial charge in [0.15, 0.2) is 0 Å². The average Bonchev–Trinajstić information content (AvgIpc) is 3.03. The number of anilines is 3. The molecule has 170 valence electrons. The fourth-order valence-corrected chi connectivity index (χ4v) is 4.81. The second-order valence-electron chi connectivity index (χ2n) is 7.80. The highest BCUT2D eigenvalue weighted by Crippen LogP contribution is 2.43. The number of aromatic nitrogens is 3. The lowest BCUT2D eigenvalue weighted by Crippen LogP contribution is -2.19. The molecule has 1 aliphatic rings. The lowest BCUT2D eigenvalue weighted by atomic mass is 10.0. The van der Waals surface area contributed by atoms with Crippen LogP contribution in [-0.4, -0.2) is 28.7 Å². The third-order valence-electron chi connectivity index (χ3n) is 5.69. The standard InChI is InChI=1S/C22H19F2N5O3S/c1-3-33(31,32)27-14-7-15-16-9-26-22(30)20-19(16)12(10-28(20)2)11-29(21(15)25-8-14)18-5-4-13(23)6-17(18)24/h4-10,27H,3,11H2,1-2H3,(H,26,30). The van der Waals surface area contributed by atoms with E-state index in [-0.39, 0.29) is 29.2 Å². The van der Waals surface area contributed by atoms with E-state index < -0.39 is 21.7 Å². The molecule has 0 fully saturated rings. The lowest BCUT2D eigenvalue weighted by molar-refractivity contribution is 0.582. The van der Waals surface area contributed by atoms with Gasteiger partial charge in [-0.05, 0) is 30.7 Å². The number of fused-ring (bicyclic) bond motifs is 2. The smallest absolute Gasteiger partial charge is 0.272 e. The summed E-state index contributed by atoms with van der Waals surface area (Å²) in [5.41, 5.74) is 2.31. The summed E-state index contributed by atoms with van der Waals surface area (Å²) < 4.78 is 56.8. The van der Waals surface area contributed by atoms with E-state index in [1.807, 2.05) is 0 Å². The highest BCUT2D eigenvalue weighted by atomic mass is 32.2. The summed E-state index contributed by atoms with van der Waals surface area (Å²) in [7, 11) is -1.83. The molecule has 11 heteroatoms. The number of sulfonamides is 1. The monoisotopic (exact) mass is 471 g/mol. The first-order valence-electron chi connectivity index (χ1n) is 10.1. The minimum atomic E-state index is -3.57. The third kappa shape index (κ3) is 3.44. The maximum absolute atomic E-state index is 14.8. The molecule has 5 rings (SSSR count). The average molecular weight is 471 g/mol. The van der Waals surface area contributed by atoms with Gasteiger partial charge >= 0.3 is 0 Å². The lowest BCUT2D eigenvalue weighted by Gasteiger charge is -2.25. The summed E-state index contributed by atoms with van der Waals surface area (Å²) in [6.07, 6.45) is 4.67. The Morgan fingerprint density at radius 2 is 2.00 bits per heavy atom. The number of benzene rings is 1. The molecule has 0 amide bonds. The van der Waals surface area contributed by atoms with Crippen LogP contribution in [-0.2, 0) is 23.6 Å². The van der Waals surface area contributed by atoms with Gasteiger partial charge in [-0.3, -0.25) is 9.52 Å². The number of hydrogen-bond acceptors (Lipinski definition) is 5. The summed E-state index contributed by atoms with van der Waals surface area (Å²) in [6, 6.07) is 4.87. The van der Waals surface area contributed by atoms with Crippen molar-refractivity contribution in [1.82, 2.24) is 14.5 Å². The molecular formula is C22H19F2N5O3S. The van der Waals surface area contributed by atoms with Crippen molar-refractivity contribution >= 4 is 38.1 Å². The van der Waals surface area contributed by atoms with E-state index in [9.17, 15) is 22.0 Å². The van der Waals surface area contributed by atoms with Crippen LogP contribution in [0.25, 0.3) is 22.0 Å². The number of rotatable bonds is 4. The van der Waals surface area contributed by atoms with E-state index in [0.717, 1.165) is 17.7 Å². The van der Waals surface area contributed by atoms with Crippen LogP contribution in [0.4, 0.5) is 26.0 Å². The van der Waals surface area contributed by atoms with Crippen molar-refractivity contribution in [2.75, 3.05) is 15.4 Å². The van der Waals surface area contributed by atoms with Crippen LogP contribution < -0.4 is 15.2 Å². The molecule has 0 atom stereocenters. The topological polar surface area (TPSA) is 100 Å². The number of nitrogens with one attached hydrogen (secondary N) is 2. The number of pyridine rings is 2. The molecule has 8 nitrogen and oxygen atoms in total. The van der Waals surface area contributed by atoms with Crippen molar-refractivity contribution in [3.8, 4) is 11.1 Å². The third-order valence-corrected chi connectivity index (χ3v) is 6.99. The Morgan fingerprint density at radius 3 is 2.73 bits per heavy atom. The van der Waals surface area contributed by atoms with Crippen LogP contribution >= 0.6 is 0 Å². The van der Waals surface area contributed by atoms with Crippen molar-refractivity contribution < 1.29 is 17.2 Å². The molecule has 0 radical (unpaired) electrons. The molecule has 0 saturated heterocycles. The second-order valence-corrected chi connectivity index (χ2v) is 9.81. The molecule has 0 spiro atoms. The maximum atomic E-state index is 14.8. The fourth-order valence-electron chi connectivity index (χ4n) is 4.20. The molecule has 1 aromatic carbocycles. The normalized spacial score (nSPS) is 13.2. The first kappa shape index (κ1) is 21.1. The van der Waals surface area contributed by atoms with Gasteiger partial charge < -0.3 is 14.5 Å². The van der Waals surface area contributed by atoms with Gasteiger partial charge in [0.1, 0.15) is 23.0 Å². The van der Waals surface area contributed by atoms with Crippen molar-refractivity contribution in [3.63, 3.8) is 0 Å². The molecule has 0 bridgehead atoms. The Balaban J connectivity index is 1.82. The number of hydrogen-bond donors (Lipinski definition) is 2. The Kier molecular flexibility index (Phi) is 4.74. The minimum Gasteiger partial charge on any atom is -0.346 e. The van der Waals surface area contributed by atoms with Gasteiger partial charge in [-0.15, -0.1) is 0 Å². The Labute approximate surface area is 187 Å². The molecule has 3 aromatic heterocycles. The van der Waals surface area contributed by atoms with Crippen LogP contribution in [0.3, 0.4) is 0 Å². The van der Waals surface area contributed by atoms with Crippen LogP contribution in [0.1, 0.15) is 12.5 Å². The van der Waals surface area contributed by atoms with Gasteiger partial charge in [0.25, 0.3) is 5.56 Å². The zero-order chi connectivity index (χ0) is 23.5. The summed E-state index contributed by atoms with van der Waals surface area (Å²) in [6.45, 7) is 1.68.